The van der Waals surface area contributed by atoms with Gasteiger partial charge in [0, 0.05) is 18.7 Å². The molecule has 3 aromatic heterocycles. The van der Waals surface area contributed by atoms with Crippen LogP contribution in [0.1, 0.15) is 25.3 Å². The number of hydrogen-bond donors (Lipinski definition) is 0. The van der Waals surface area contributed by atoms with Crippen LogP contribution >= 0.6 is 0 Å². The third-order valence-corrected chi connectivity index (χ3v) is 5.09. The highest BCUT2D eigenvalue weighted by Gasteiger charge is 2.19. The molecule has 0 amide bonds. The van der Waals surface area contributed by atoms with Crippen molar-refractivity contribution in [2.24, 2.45) is 7.05 Å². The summed E-state index contributed by atoms with van der Waals surface area (Å²) in [7, 11) is 1.47. The van der Waals surface area contributed by atoms with Gasteiger partial charge in [0.1, 0.15) is 17.8 Å². The molecule has 160 valence electrons. The monoisotopic (exact) mass is 422 g/mol. The minimum atomic E-state index is -0.696. The van der Waals surface area contributed by atoms with Crippen LogP contribution < -0.4 is 11.2 Å². The second-order valence-corrected chi connectivity index (χ2v) is 7.32. The van der Waals surface area contributed by atoms with Crippen LogP contribution in [0.2, 0.25) is 0 Å². The van der Waals surface area contributed by atoms with E-state index in [4.69, 9.17) is 9.15 Å². The van der Waals surface area contributed by atoms with Gasteiger partial charge in [-0.3, -0.25) is 14.2 Å². The fourth-order valence-electron chi connectivity index (χ4n) is 3.34. The van der Waals surface area contributed by atoms with Crippen molar-refractivity contribution in [3.05, 3.63) is 56.7 Å². The molecule has 0 spiro atoms. The van der Waals surface area contributed by atoms with Gasteiger partial charge in [-0.05, 0) is 18.9 Å². The Kier molecular flexibility index (Phi) is 5.41. The average Bonchev–Trinajstić information content (AvgIpc) is 3.17. The minimum Gasteiger partial charge on any atom is -0.464 e. The molecule has 3 heterocycles. The van der Waals surface area contributed by atoms with Crippen LogP contribution in [0.5, 0.6) is 0 Å². The summed E-state index contributed by atoms with van der Waals surface area (Å²) in [5.41, 5.74) is 1.20. The third kappa shape index (κ3) is 3.74. The Labute approximate surface area is 176 Å². The van der Waals surface area contributed by atoms with Gasteiger partial charge in [-0.2, -0.15) is 4.98 Å². The van der Waals surface area contributed by atoms with Crippen LogP contribution in [-0.2, 0) is 23.1 Å². The maximum absolute atomic E-state index is 13.0. The van der Waals surface area contributed by atoms with Crippen molar-refractivity contribution in [1.82, 2.24) is 19.1 Å². The largest absolute Gasteiger partial charge is 0.464 e. The molecular formula is C22H22N4O5. The van der Waals surface area contributed by atoms with E-state index in [1.165, 1.54) is 11.6 Å². The number of esters is 1. The molecular weight excluding hydrogens is 400 g/mol. The number of rotatable bonds is 6. The Bertz CT molecular complexity index is 1410. The molecule has 0 aliphatic heterocycles. The number of unbranched alkanes of at least 4 members (excludes halogenated alkanes) is 1. The number of ether oxygens (including phenoxy) is 1. The van der Waals surface area contributed by atoms with Crippen molar-refractivity contribution < 1.29 is 13.9 Å². The minimum absolute atomic E-state index is 0.0203. The van der Waals surface area contributed by atoms with Gasteiger partial charge in [-0.15, -0.1) is 0 Å². The predicted molar refractivity (Wildman–Crippen MR) is 115 cm³/mol. The third-order valence-electron chi connectivity index (χ3n) is 5.09. The fraction of sp³-hybridized carbons (Fsp3) is 0.318. The number of benzene rings is 1. The van der Waals surface area contributed by atoms with Gasteiger partial charge in [-0.1, -0.05) is 37.6 Å². The summed E-state index contributed by atoms with van der Waals surface area (Å²) < 4.78 is 12.9. The summed E-state index contributed by atoms with van der Waals surface area (Å²) in [6.07, 6.45) is 1.58. The van der Waals surface area contributed by atoms with Gasteiger partial charge >= 0.3 is 11.7 Å². The summed E-state index contributed by atoms with van der Waals surface area (Å²) in [5.74, 6) is -0.0839. The molecule has 0 aliphatic rings. The number of carbonyl (C=O) groups excluding carboxylic acids is 1. The van der Waals surface area contributed by atoms with Crippen molar-refractivity contribution in [3.8, 4) is 11.3 Å². The van der Waals surface area contributed by atoms with Crippen molar-refractivity contribution in [2.45, 2.75) is 33.2 Å². The zero-order valence-corrected chi connectivity index (χ0v) is 17.5. The van der Waals surface area contributed by atoms with E-state index < -0.39 is 23.8 Å². The molecule has 0 radical (unpaired) electrons. The van der Waals surface area contributed by atoms with E-state index in [2.05, 4.69) is 9.97 Å². The molecule has 9 heteroatoms. The molecule has 0 saturated heterocycles. The normalized spacial score (nSPS) is 11.3. The van der Waals surface area contributed by atoms with E-state index in [1.807, 2.05) is 38.1 Å². The Morgan fingerprint density at radius 1 is 1.19 bits per heavy atom. The molecule has 0 fully saturated rings. The van der Waals surface area contributed by atoms with Crippen LogP contribution in [-0.4, -0.2) is 31.7 Å². The van der Waals surface area contributed by atoms with Crippen molar-refractivity contribution >= 4 is 28.4 Å². The first-order valence-corrected chi connectivity index (χ1v) is 10.0. The Hall–Kier alpha value is -3.75. The maximum Gasteiger partial charge on any atom is 0.333 e. The Balaban J connectivity index is 1.82. The number of nitrogens with zero attached hydrogens (tertiary/aromatic N) is 4. The van der Waals surface area contributed by atoms with Crippen molar-refractivity contribution in [1.29, 1.82) is 0 Å². The first-order valence-electron chi connectivity index (χ1n) is 10.0. The quantitative estimate of drug-likeness (QED) is 0.347. The number of fused-ring (bicyclic) bond motifs is 2. The molecule has 0 saturated carbocycles. The lowest BCUT2D eigenvalue weighted by atomic mass is 10.1. The lowest BCUT2D eigenvalue weighted by molar-refractivity contribution is -0.144. The van der Waals surface area contributed by atoms with Gasteiger partial charge in [0.2, 0.25) is 5.71 Å². The summed E-state index contributed by atoms with van der Waals surface area (Å²) in [5, 5.41) is 0. The van der Waals surface area contributed by atoms with E-state index in [1.54, 1.807) is 6.07 Å². The zero-order valence-electron chi connectivity index (χ0n) is 17.5. The van der Waals surface area contributed by atoms with Crippen molar-refractivity contribution in [3.63, 3.8) is 0 Å². The number of furan rings is 1. The number of aromatic nitrogens is 4. The first-order chi connectivity index (χ1) is 14.9. The number of hydrogen-bond acceptors (Lipinski definition) is 7. The SMILES string of the molecule is CCCCOC(=O)Cn1c(=O)c2nc3cc(-c4ccccc4C)oc3nc2n(C)c1=O. The van der Waals surface area contributed by atoms with Crippen LogP contribution in [0.25, 0.3) is 33.7 Å². The summed E-state index contributed by atoms with van der Waals surface area (Å²) in [6.45, 7) is 3.69. The van der Waals surface area contributed by atoms with E-state index in [0.29, 0.717) is 17.7 Å². The van der Waals surface area contributed by atoms with E-state index >= 15 is 0 Å². The lowest BCUT2D eigenvalue weighted by Gasteiger charge is -2.09. The van der Waals surface area contributed by atoms with E-state index in [9.17, 15) is 14.4 Å². The van der Waals surface area contributed by atoms with Crippen LogP contribution in [0.3, 0.4) is 0 Å². The van der Waals surface area contributed by atoms with Gasteiger partial charge in [-0.25, -0.2) is 14.3 Å². The molecule has 0 aliphatic carbocycles. The summed E-state index contributed by atoms with van der Waals surface area (Å²) >= 11 is 0. The number of aryl methyl sites for hydroxylation is 2. The maximum atomic E-state index is 13.0. The molecule has 4 aromatic rings. The highest BCUT2D eigenvalue weighted by atomic mass is 16.5. The van der Waals surface area contributed by atoms with Gasteiger partial charge < -0.3 is 9.15 Å². The molecule has 1 aromatic carbocycles. The Morgan fingerprint density at radius 2 is 1.97 bits per heavy atom. The molecule has 0 bridgehead atoms. The zero-order chi connectivity index (χ0) is 22.1. The highest BCUT2D eigenvalue weighted by Crippen LogP contribution is 2.28. The molecule has 4 rings (SSSR count). The smallest absolute Gasteiger partial charge is 0.333 e. The molecule has 0 unspecified atom stereocenters. The van der Waals surface area contributed by atoms with Gasteiger partial charge in [0.25, 0.3) is 5.56 Å². The predicted octanol–water partition coefficient (Wildman–Crippen LogP) is 2.56. The summed E-state index contributed by atoms with van der Waals surface area (Å²) in [4.78, 5) is 46.5. The first kappa shape index (κ1) is 20.5. The van der Waals surface area contributed by atoms with Crippen molar-refractivity contribution in [2.75, 3.05) is 6.61 Å². The molecule has 0 N–H and O–H groups in total. The molecule has 0 atom stereocenters. The van der Waals surface area contributed by atoms with E-state index in [0.717, 1.165) is 22.1 Å². The average molecular weight is 422 g/mol. The molecule has 9 nitrogen and oxygen atoms in total. The van der Waals surface area contributed by atoms with Crippen LogP contribution in [0.15, 0.2) is 44.3 Å². The second-order valence-electron chi connectivity index (χ2n) is 7.32. The standard InChI is InChI=1S/C22H22N4O5/c1-4-5-10-30-17(27)12-26-21(28)18-19(25(3)22(26)29)24-20-15(23-18)11-16(31-20)14-9-7-6-8-13(14)2/h6-9,11H,4-5,10,12H2,1-3H3. The van der Waals surface area contributed by atoms with Gasteiger partial charge in [0.15, 0.2) is 11.2 Å². The van der Waals surface area contributed by atoms with Crippen LogP contribution in [0.4, 0.5) is 0 Å². The lowest BCUT2D eigenvalue weighted by Crippen LogP contribution is -2.41. The van der Waals surface area contributed by atoms with E-state index in [-0.39, 0.29) is 23.5 Å². The second kappa shape index (κ2) is 8.17. The van der Waals surface area contributed by atoms with Gasteiger partial charge in [0.05, 0.1) is 6.61 Å². The Morgan fingerprint density at radius 3 is 2.71 bits per heavy atom. The summed E-state index contributed by atoms with van der Waals surface area (Å²) in [6, 6.07) is 9.41. The van der Waals surface area contributed by atoms with Crippen LogP contribution in [0, 0.1) is 6.92 Å². The highest BCUT2D eigenvalue weighted by molar-refractivity contribution is 5.84. The number of carbonyl (C=O) groups is 1. The fourth-order valence-corrected chi connectivity index (χ4v) is 3.34. The molecule has 31 heavy (non-hydrogen) atoms. The topological polar surface area (TPSA) is 109 Å².